The van der Waals surface area contributed by atoms with Gasteiger partial charge in [0.15, 0.2) is 0 Å². The molecule has 0 amide bonds. The van der Waals surface area contributed by atoms with Crippen LogP contribution in [0.15, 0.2) is 182 Å². The molecular formula is C37H33FeNO2P2+2. The Balaban J connectivity index is 0.000000264. The van der Waals surface area contributed by atoms with Crippen LogP contribution in [-0.4, -0.2) is 6.79 Å². The molecule has 0 unspecified atom stereocenters. The predicted molar refractivity (Wildman–Crippen MR) is 187 cm³/mol. The molecule has 0 aliphatic rings. The normalized spacial score (nSPS) is 9.53. The van der Waals surface area contributed by atoms with Gasteiger partial charge in [0.1, 0.15) is 31.8 Å². The first-order chi connectivity index (χ1) is 20.9. The summed E-state index contributed by atoms with van der Waals surface area (Å²) in [6, 6.07) is 65.0. The molecule has 0 spiro atoms. The standard InChI is InChI=1S/2C18H15P.CHO.Fe.NO/c2*1-4-10-16(11-5-1)19(17-12-6-2-7-13-17)18-14-8-3-9-15-18;1-2;;1-2/h2*1-15H;1H;;/q;;-1;+2;-1/p+2. The molecule has 214 valence electrons. The quantitative estimate of drug-likeness (QED) is 0.0916. The maximum Gasteiger partial charge on any atom is 2.00 e. The fourth-order valence-electron chi connectivity index (χ4n) is 4.63. The summed E-state index contributed by atoms with van der Waals surface area (Å²) in [5.41, 5.74) is 5.75. The van der Waals surface area contributed by atoms with Gasteiger partial charge < -0.3 is 15.3 Å². The number of hydrogen-bond donors (Lipinski definition) is 0. The van der Waals surface area contributed by atoms with Gasteiger partial charge in [-0.1, -0.05) is 109 Å². The van der Waals surface area contributed by atoms with E-state index in [9.17, 15) is 0 Å². The smallest absolute Gasteiger partial charge is 0.577 e. The molecular weight excluding hydrogens is 608 g/mol. The van der Waals surface area contributed by atoms with Gasteiger partial charge in [0.25, 0.3) is 0 Å². The summed E-state index contributed by atoms with van der Waals surface area (Å²) >= 11 is 0. The van der Waals surface area contributed by atoms with E-state index in [0.29, 0.717) is 0 Å². The van der Waals surface area contributed by atoms with Crippen LogP contribution >= 0.6 is 15.8 Å². The number of nitroso groups, excluding NO2 is 1. The van der Waals surface area contributed by atoms with Crippen LogP contribution < -0.4 is 31.8 Å². The minimum atomic E-state index is -0.877. The Morgan fingerprint density at radius 2 is 0.419 bits per heavy atom. The SMILES string of the molecule is [CH-]=O.[Fe+2].[N-]=O.c1ccc([PH+](c2ccccc2)c2ccccc2)cc1.c1ccc([PH+](c2ccccc2)c2ccccc2)cc1. The molecule has 0 saturated heterocycles. The third-order valence-electron chi connectivity index (χ3n) is 6.37. The van der Waals surface area contributed by atoms with Gasteiger partial charge in [0.2, 0.25) is 0 Å². The molecule has 0 atom stereocenters. The zero-order valence-corrected chi connectivity index (χ0v) is 26.6. The van der Waals surface area contributed by atoms with Crippen molar-refractivity contribution in [3.8, 4) is 0 Å². The summed E-state index contributed by atoms with van der Waals surface area (Å²) < 4.78 is 0. The summed E-state index contributed by atoms with van der Waals surface area (Å²) in [5.74, 6) is 0. The molecule has 0 aliphatic heterocycles. The topological polar surface area (TPSA) is 56.4 Å². The second-order valence-corrected chi connectivity index (χ2v) is 13.9. The fraction of sp³-hybridized carbons (Fsp3) is 0. The zero-order chi connectivity index (χ0) is 29.8. The molecule has 43 heavy (non-hydrogen) atoms. The number of carbonyl (C=O) groups excluding carboxylic acids is 1. The van der Waals surface area contributed by atoms with Gasteiger partial charge in [-0.05, 0) is 72.8 Å². The summed E-state index contributed by atoms with van der Waals surface area (Å²) in [6.07, 6.45) is 0. The van der Waals surface area contributed by atoms with E-state index in [1.54, 1.807) is 0 Å². The monoisotopic (exact) mass is 641 g/mol. The second kappa shape index (κ2) is 20.8. The van der Waals surface area contributed by atoms with Crippen LogP contribution in [0.1, 0.15) is 0 Å². The third kappa shape index (κ3) is 10.6. The van der Waals surface area contributed by atoms with E-state index in [1.807, 2.05) is 0 Å². The van der Waals surface area contributed by atoms with Crippen LogP contribution in [0.4, 0.5) is 0 Å². The molecule has 0 aromatic heterocycles. The Morgan fingerprint density at radius 3 is 0.535 bits per heavy atom. The van der Waals surface area contributed by atoms with E-state index >= 15 is 0 Å². The van der Waals surface area contributed by atoms with E-state index < -0.39 is 15.8 Å². The van der Waals surface area contributed by atoms with Gasteiger partial charge in [0.05, 0.1) is 15.8 Å². The summed E-state index contributed by atoms with van der Waals surface area (Å²) in [6.45, 7) is 3.25. The maximum absolute atomic E-state index is 7.75. The van der Waals surface area contributed by atoms with Crippen molar-refractivity contribution in [3.05, 3.63) is 192 Å². The Labute approximate surface area is 267 Å². The largest absolute Gasteiger partial charge is 2.00 e. The minimum Gasteiger partial charge on any atom is -0.577 e. The van der Waals surface area contributed by atoms with Crippen LogP contribution in [0, 0.1) is 4.91 Å². The van der Waals surface area contributed by atoms with Crippen LogP contribution in [0.2, 0.25) is 0 Å². The van der Waals surface area contributed by atoms with Crippen LogP contribution in [0.3, 0.4) is 0 Å². The van der Waals surface area contributed by atoms with Crippen molar-refractivity contribution in [2.24, 2.45) is 0 Å². The first kappa shape index (κ1) is 35.2. The van der Waals surface area contributed by atoms with E-state index in [0.717, 1.165) is 0 Å². The second-order valence-electron chi connectivity index (χ2n) is 8.95. The number of rotatable bonds is 6. The van der Waals surface area contributed by atoms with E-state index in [4.69, 9.17) is 15.3 Å². The summed E-state index contributed by atoms with van der Waals surface area (Å²) in [5, 5.41) is 8.61. The Bertz CT molecular complexity index is 1220. The molecule has 6 heteroatoms. The van der Waals surface area contributed by atoms with Gasteiger partial charge >= 0.3 is 17.1 Å². The molecule has 0 bridgehead atoms. The number of nitrogens with zero attached hydrogens (tertiary/aromatic N) is 1. The zero-order valence-electron chi connectivity index (χ0n) is 23.5. The van der Waals surface area contributed by atoms with Gasteiger partial charge in [0, 0.05) is 0 Å². The van der Waals surface area contributed by atoms with E-state index in [1.165, 1.54) is 31.8 Å². The number of benzene rings is 6. The molecule has 3 nitrogen and oxygen atoms in total. The average Bonchev–Trinajstić information content (AvgIpc) is 3.10. The van der Waals surface area contributed by atoms with Crippen LogP contribution in [0.5, 0.6) is 0 Å². The molecule has 0 N–H and O–H groups in total. The van der Waals surface area contributed by atoms with Gasteiger partial charge in [-0.25, -0.2) is 0 Å². The summed E-state index contributed by atoms with van der Waals surface area (Å²) in [4.78, 5) is 15.0. The van der Waals surface area contributed by atoms with Crippen molar-refractivity contribution >= 4 is 54.5 Å². The molecule has 0 heterocycles. The first-order valence-electron chi connectivity index (χ1n) is 13.4. The summed E-state index contributed by atoms with van der Waals surface area (Å²) in [7, 11) is -1.75. The van der Waals surface area contributed by atoms with Crippen molar-refractivity contribution in [3.63, 3.8) is 0 Å². The molecule has 6 aromatic rings. The minimum absolute atomic E-state index is 0. The predicted octanol–water partition coefficient (Wildman–Crippen LogP) is 6.40. The molecule has 0 fully saturated rings. The Kier molecular flexibility index (Phi) is 17.0. The van der Waals surface area contributed by atoms with Gasteiger partial charge in [-0.15, -0.1) is 0 Å². The van der Waals surface area contributed by atoms with E-state index in [2.05, 4.69) is 189 Å². The van der Waals surface area contributed by atoms with Crippen molar-refractivity contribution in [1.82, 2.24) is 0 Å². The molecule has 6 aromatic carbocycles. The first-order valence-corrected chi connectivity index (χ1v) is 16.4. The molecule has 0 aliphatic carbocycles. The average molecular weight is 641 g/mol. The van der Waals surface area contributed by atoms with E-state index in [-0.39, 0.29) is 17.1 Å². The molecule has 6 rings (SSSR count). The van der Waals surface area contributed by atoms with Crippen LogP contribution in [-0.2, 0) is 21.9 Å². The molecule has 0 saturated carbocycles. The van der Waals surface area contributed by atoms with Gasteiger partial charge in [-0.2, -0.15) is 0 Å². The van der Waals surface area contributed by atoms with Crippen molar-refractivity contribution in [2.45, 2.75) is 0 Å². The van der Waals surface area contributed by atoms with Crippen molar-refractivity contribution < 1.29 is 21.9 Å². The third-order valence-corrected chi connectivity index (χ3v) is 11.8. The Morgan fingerprint density at radius 1 is 0.302 bits per heavy atom. The number of hydrogen-bond acceptors (Lipinski definition) is 2. The maximum atomic E-state index is 7.75. The Hall–Kier alpha value is -4.03. The van der Waals surface area contributed by atoms with Crippen molar-refractivity contribution in [2.75, 3.05) is 0 Å². The molecule has 0 radical (unpaired) electrons. The van der Waals surface area contributed by atoms with Crippen molar-refractivity contribution in [1.29, 1.82) is 0 Å². The fourth-order valence-corrected chi connectivity index (χ4v) is 9.78. The van der Waals surface area contributed by atoms with Gasteiger partial charge in [-0.3, -0.25) is 6.79 Å². The van der Waals surface area contributed by atoms with Crippen LogP contribution in [0.25, 0.3) is 5.59 Å².